The molecule has 8 heteroatoms. The third-order valence-corrected chi connectivity index (χ3v) is 3.49. The summed E-state index contributed by atoms with van der Waals surface area (Å²) in [5, 5.41) is 23.2. The number of benzene rings is 1. The maximum Gasteiger partial charge on any atom is 0.326 e. The zero-order valence-electron chi connectivity index (χ0n) is 14.4. The van der Waals surface area contributed by atoms with Gasteiger partial charge in [0, 0.05) is 6.42 Å². The molecule has 0 saturated heterocycles. The number of carboxylic acid groups (broad SMARTS) is 1. The van der Waals surface area contributed by atoms with Gasteiger partial charge in [-0.2, -0.15) is 0 Å². The molecule has 2 atom stereocenters. The van der Waals surface area contributed by atoms with Gasteiger partial charge in [0.15, 0.2) is 0 Å². The molecule has 0 saturated carbocycles. The van der Waals surface area contributed by atoms with Gasteiger partial charge >= 0.3 is 5.97 Å². The van der Waals surface area contributed by atoms with E-state index in [9.17, 15) is 24.6 Å². The minimum Gasteiger partial charge on any atom is -0.508 e. The number of carboxylic acids is 1. The molecule has 1 rings (SSSR count). The lowest BCUT2D eigenvalue weighted by Gasteiger charge is -2.17. The van der Waals surface area contributed by atoms with Gasteiger partial charge in [0.05, 0.1) is 12.6 Å². The molecule has 1 unspecified atom stereocenters. The van der Waals surface area contributed by atoms with Crippen LogP contribution in [-0.2, 0) is 20.8 Å². The molecular formula is C17H25N3O5. The Kier molecular flexibility index (Phi) is 7.87. The fraction of sp³-hybridized carbons (Fsp3) is 0.471. The molecule has 0 bridgehead atoms. The molecule has 8 nitrogen and oxygen atoms in total. The Morgan fingerprint density at radius 3 is 2.28 bits per heavy atom. The van der Waals surface area contributed by atoms with Gasteiger partial charge in [-0.05, 0) is 30.0 Å². The van der Waals surface area contributed by atoms with Crippen molar-refractivity contribution in [2.75, 3.05) is 6.54 Å². The van der Waals surface area contributed by atoms with Gasteiger partial charge in [0.1, 0.15) is 11.8 Å². The lowest BCUT2D eigenvalue weighted by molar-refractivity contribution is -0.141. The zero-order valence-corrected chi connectivity index (χ0v) is 14.4. The molecule has 0 aliphatic heterocycles. The second-order valence-electron chi connectivity index (χ2n) is 6.28. The minimum absolute atomic E-state index is 0.0577. The maximum absolute atomic E-state index is 11.9. The van der Waals surface area contributed by atoms with Gasteiger partial charge in [-0.25, -0.2) is 4.79 Å². The Bertz CT molecular complexity index is 601. The molecule has 0 aliphatic rings. The normalized spacial score (nSPS) is 13.1. The molecule has 0 aromatic heterocycles. The highest BCUT2D eigenvalue weighted by molar-refractivity contribution is 5.89. The zero-order chi connectivity index (χ0) is 19.0. The average Bonchev–Trinajstić information content (AvgIpc) is 2.53. The largest absolute Gasteiger partial charge is 0.508 e. The first-order chi connectivity index (χ1) is 11.7. The van der Waals surface area contributed by atoms with Crippen LogP contribution in [0.2, 0.25) is 0 Å². The number of carbonyl (C=O) groups is 3. The van der Waals surface area contributed by atoms with Gasteiger partial charge < -0.3 is 26.6 Å². The van der Waals surface area contributed by atoms with E-state index >= 15 is 0 Å². The summed E-state index contributed by atoms with van der Waals surface area (Å²) in [6.07, 6.45) is 0.550. The van der Waals surface area contributed by atoms with E-state index in [1.165, 1.54) is 12.1 Å². The van der Waals surface area contributed by atoms with Gasteiger partial charge in [0.25, 0.3) is 0 Å². The number of hydrogen-bond donors (Lipinski definition) is 5. The quantitative estimate of drug-likeness (QED) is 0.424. The third-order valence-electron chi connectivity index (χ3n) is 3.49. The number of nitrogens with two attached hydrogens (primary N) is 1. The fourth-order valence-corrected chi connectivity index (χ4v) is 2.23. The Labute approximate surface area is 146 Å². The first kappa shape index (κ1) is 20.4. The van der Waals surface area contributed by atoms with E-state index in [-0.39, 0.29) is 24.6 Å². The second-order valence-corrected chi connectivity index (χ2v) is 6.28. The van der Waals surface area contributed by atoms with Crippen LogP contribution in [-0.4, -0.2) is 46.6 Å². The Balaban J connectivity index is 2.52. The van der Waals surface area contributed by atoms with Crippen molar-refractivity contribution in [3.05, 3.63) is 29.8 Å². The molecule has 0 radical (unpaired) electrons. The molecule has 0 aliphatic carbocycles. The summed E-state index contributed by atoms with van der Waals surface area (Å²) in [5.74, 6) is -1.94. The smallest absolute Gasteiger partial charge is 0.326 e. The van der Waals surface area contributed by atoms with Crippen LogP contribution in [0.3, 0.4) is 0 Å². The summed E-state index contributed by atoms with van der Waals surface area (Å²) >= 11 is 0. The number of amides is 2. The van der Waals surface area contributed by atoms with Crippen LogP contribution < -0.4 is 16.4 Å². The number of phenols is 1. The predicted molar refractivity (Wildman–Crippen MR) is 91.8 cm³/mol. The van der Waals surface area contributed by atoms with Crippen LogP contribution >= 0.6 is 0 Å². The van der Waals surface area contributed by atoms with Gasteiger partial charge in [-0.1, -0.05) is 26.0 Å². The number of rotatable bonds is 9. The van der Waals surface area contributed by atoms with Crippen molar-refractivity contribution in [1.82, 2.24) is 10.6 Å². The van der Waals surface area contributed by atoms with Crippen molar-refractivity contribution in [1.29, 1.82) is 0 Å². The molecular weight excluding hydrogens is 326 g/mol. The Morgan fingerprint density at radius 1 is 1.16 bits per heavy atom. The van der Waals surface area contributed by atoms with E-state index in [4.69, 9.17) is 5.73 Å². The number of aliphatic carboxylic acids is 1. The highest BCUT2D eigenvalue weighted by atomic mass is 16.4. The summed E-state index contributed by atoms with van der Waals surface area (Å²) in [5.41, 5.74) is 6.36. The highest BCUT2D eigenvalue weighted by Crippen LogP contribution is 2.11. The van der Waals surface area contributed by atoms with Crippen LogP contribution in [0.5, 0.6) is 5.75 Å². The first-order valence-electron chi connectivity index (χ1n) is 8.02. The van der Waals surface area contributed by atoms with Crippen LogP contribution in [0.15, 0.2) is 24.3 Å². The highest BCUT2D eigenvalue weighted by Gasteiger charge is 2.21. The van der Waals surface area contributed by atoms with Crippen molar-refractivity contribution >= 4 is 17.8 Å². The van der Waals surface area contributed by atoms with Crippen LogP contribution in [0.1, 0.15) is 25.8 Å². The number of aromatic hydroxyl groups is 1. The fourth-order valence-electron chi connectivity index (χ4n) is 2.23. The van der Waals surface area contributed by atoms with E-state index in [1.807, 2.05) is 13.8 Å². The number of hydrogen-bond acceptors (Lipinski definition) is 5. The van der Waals surface area contributed by atoms with E-state index in [2.05, 4.69) is 10.6 Å². The van der Waals surface area contributed by atoms with Crippen molar-refractivity contribution in [3.8, 4) is 5.75 Å². The van der Waals surface area contributed by atoms with Crippen molar-refractivity contribution in [2.45, 2.75) is 38.8 Å². The summed E-state index contributed by atoms with van der Waals surface area (Å²) < 4.78 is 0. The van der Waals surface area contributed by atoms with Crippen LogP contribution in [0.4, 0.5) is 0 Å². The molecule has 2 amide bonds. The molecule has 1 aromatic rings. The predicted octanol–water partition coefficient (Wildman–Crippen LogP) is -0.00630. The summed E-state index contributed by atoms with van der Waals surface area (Å²) in [7, 11) is 0. The molecule has 0 spiro atoms. The molecule has 0 fully saturated rings. The second kappa shape index (κ2) is 9.63. The van der Waals surface area contributed by atoms with E-state index in [0.29, 0.717) is 12.0 Å². The maximum atomic E-state index is 11.9. The number of carbonyl (C=O) groups excluding carboxylic acids is 2. The van der Waals surface area contributed by atoms with Gasteiger partial charge in [-0.3, -0.25) is 9.59 Å². The molecule has 138 valence electrons. The lowest BCUT2D eigenvalue weighted by atomic mass is 10.0. The standard InChI is InChI=1S/C17H25N3O5/c1-10(2)7-13(18)16(23)19-9-15(22)20-14(17(24)25)8-11-3-5-12(21)6-4-11/h3-6,10,13-14,21H,7-9,18H2,1-2H3,(H,19,23)(H,20,22)(H,24,25)/t13?,14-/m0/s1. The Hall–Kier alpha value is -2.61. The van der Waals surface area contributed by atoms with Crippen molar-refractivity contribution in [2.24, 2.45) is 11.7 Å². The number of nitrogens with one attached hydrogen (secondary N) is 2. The molecule has 6 N–H and O–H groups in total. The topological polar surface area (TPSA) is 142 Å². The van der Waals surface area contributed by atoms with Gasteiger partial charge in [0.2, 0.25) is 11.8 Å². The lowest BCUT2D eigenvalue weighted by Crippen LogP contribution is -2.49. The average molecular weight is 351 g/mol. The van der Waals surface area contributed by atoms with E-state index in [0.717, 1.165) is 0 Å². The van der Waals surface area contributed by atoms with Crippen molar-refractivity contribution < 1.29 is 24.6 Å². The van der Waals surface area contributed by atoms with Crippen LogP contribution in [0.25, 0.3) is 0 Å². The van der Waals surface area contributed by atoms with E-state index in [1.54, 1.807) is 12.1 Å². The third kappa shape index (κ3) is 7.67. The molecule has 1 aromatic carbocycles. The SMILES string of the molecule is CC(C)CC(N)C(=O)NCC(=O)N[C@@H](Cc1ccc(O)cc1)C(=O)O. The summed E-state index contributed by atoms with van der Waals surface area (Å²) in [4.78, 5) is 35.0. The number of phenolic OH excluding ortho intramolecular Hbond substituents is 1. The molecule has 0 heterocycles. The minimum atomic E-state index is -1.19. The first-order valence-corrected chi connectivity index (χ1v) is 8.02. The van der Waals surface area contributed by atoms with Crippen molar-refractivity contribution in [3.63, 3.8) is 0 Å². The van der Waals surface area contributed by atoms with Gasteiger partial charge in [-0.15, -0.1) is 0 Å². The summed E-state index contributed by atoms with van der Waals surface area (Å²) in [6, 6.07) is 4.17. The Morgan fingerprint density at radius 2 is 1.76 bits per heavy atom. The van der Waals surface area contributed by atoms with E-state index < -0.39 is 29.9 Å². The summed E-state index contributed by atoms with van der Waals surface area (Å²) in [6.45, 7) is 3.52. The monoisotopic (exact) mass is 351 g/mol. The van der Waals surface area contributed by atoms with Crippen LogP contribution in [0, 0.1) is 5.92 Å². The molecule has 25 heavy (non-hydrogen) atoms.